The van der Waals surface area contributed by atoms with Crippen molar-refractivity contribution in [1.29, 1.82) is 0 Å². The third-order valence-electron chi connectivity index (χ3n) is 2.58. The van der Waals surface area contributed by atoms with E-state index in [0.717, 1.165) is 5.56 Å². The molecule has 108 valence electrons. The van der Waals surface area contributed by atoms with Crippen molar-refractivity contribution in [2.75, 3.05) is 7.11 Å². The lowest BCUT2D eigenvalue weighted by Crippen LogP contribution is -2.39. The minimum Gasteiger partial charge on any atom is -0.469 e. The Morgan fingerprint density at radius 3 is 2.45 bits per heavy atom. The summed E-state index contributed by atoms with van der Waals surface area (Å²) in [5, 5.41) is 2.36. The Hall–Kier alpha value is -2.37. The second-order valence-corrected chi connectivity index (χ2v) is 4.15. The summed E-state index contributed by atoms with van der Waals surface area (Å²) in [5.41, 5.74) is 0.844. The van der Waals surface area contributed by atoms with Crippen LogP contribution in [0, 0.1) is 0 Å². The maximum Gasteiger partial charge on any atom is 0.408 e. The van der Waals surface area contributed by atoms with Crippen LogP contribution < -0.4 is 5.32 Å². The van der Waals surface area contributed by atoms with Gasteiger partial charge in [-0.25, -0.2) is 4.79 Å². The van der Waals surface area contributed by atoms with Gasteiger partial charge in [-0.15, -0.1) is 0 Å². The predicted octanol–water partition coefficient (Wildman–Crippen LogP) is 1.43. The monoisotopic (exact) mass is 279 g/mol. The van der Waals surface area contributed by atoms with Crippen LogP contribution in [0.25, 0.3) is 0 Å². The minimum absolute atomic E-state index is 0.116. The molecule has 1 amide bonds. The summed E-state index contributed by atoms with van der Waals surface area (Å²) in [6.45, 7) is 1.60. The molecule has 1 atom stereocenters. The van der Waals surface area contributed by atoms with Crippen LogP contribution in [-0.2, 0) is 25.7 Å². The number of carbonyl (C=O) groups is 3. The summed E-state index contributed by atoms with van der Waals surface area (Å²) >= 11 is 0. The van der Waals surface area contributed by atoms with E-state index in [1.807, 2.05) is 30.3 Å². The van der Waals surface area contributed by atoms with Gasteiger partial charge in [-0.05, 0) is 12.5 Å². The molecule has 0 aliphatic rings. The Kier molecular flexibility index (Phi) is 6.22. The highest BCUT2D eigenvalue weighted by molar-refractivity contribution is 5.99. The fourth-order valence-electron chi connectivity index (χ4n) is 1.39. The third-order valence-corrected chi connectivity index (χ3v) is 2.58. The molecule has 0 heterocycles. The van der Waals surface area contributed by atoms with Crippen LogP contribution in [0.3, 0.4) is 0 Å². The first-order chi connectivity index (χ1) is 9.52. The highest BCUT2D eigenvalue weighted by Gasteiger charge is 2.19. The number of nitrogens with one attached hydrogen (secondary N) is 1. The van der Waals surface area contributed by atoms with E-state index >= 15 is 0 Å². The van der Waals surface area contributed by atoms with E-state index in [2.05, 4.69) is 10.1 Å². The third kappa shape index (κ3) is 5.51. The molecular weight excluding hydrogens is 262 g/mol. The van der Waals surface area contributed by atoms with Crippen LogP contribution in [0.15, 0.2) is 30.3 Å². The lowest BCUT2D eigenvalue weighted by molar-refractivity contribution is -0.143. The molecule has 0 saturated carbocycles. The van der Waals surface area contributed by atoms with E-state index in [9.17, 15) is 14.4 Å². The lowest BCUT2D eigenvalue weighted by Gasteiger charge is -2.12. The van der Waals surface area contributed by atoms with Crippen LogP contribution in [0.5, 0.6) is 0 Å². The van der Waals surface area contributed by atoms with Crippen molar-refractivity contribution in [2.45, 2.75) is 26.0 Å². The van der Waals surface area contributed by atoms with E-state index in [0.29, 0.717) is 0 Å². The summed E-state index contributed by atoms with van der Waals surface area (Å²) in [6, 6.07) is 8.35. The summed E-state index contributed by atoms with van der Waals surface area (Å²) in [4.78, 5) is 34.0. The van der Waals surface area contributed by atoms with E-state index in [4.69, 9.17) is 4.74 Å². The number of ether oxygens (including phenoxy) is 2. The second-order valence-electron chi connectivity index (χ2n) is 4.15. The van der Waals surface area contributed by atoms with Gasteiger partial charge in [0.05, 0.1) is 13.2 Å². The maximum atomic E-state index is 11.6. The van der Waals surface area contributed by atoms with Gasteiger partial charge in [0.15, 0.2) is 5.78 Å². The first kappa shape index (κ1) is 15.7. The van der Waals surface area contributed by atoms with Crippen LogP contribution in [0.1, 0.15) is 18.9 Å². The maximum absolute atomic E-state index is 11.6. The number of alkyl carbamates (subject to hydrolysis) is 1. The van der Waals surface area contributed by atoms with Gasteiger partial charge in [-0.3, -0.25) is 9.59 Å². The normalized spacial score (nSPS) is 11.3. The average molecular weight is 279 g/mol. The second kappa shape index (κ2) is 7.93. The zero-order valence-electron chi connectivity index (χ0n) is 11.4. The number of benzene rings is 1. The van der Waals surface area contributed by atoms with Gasteiger partial charge in [0.25, 0.3) is 0 Å². The first-order valence-electron chi connectivity index (χ1n) is 6.09. The number of carbonyl (C=O) groups excluding carboxylic acids is 3. The van der Waals surface area contributed by atoms with Gasteiger partial charge in [-0.1, -0.05) is 30.3 Å². The number of esters is 1. The van der Waals surface area contributed by atoms with E-state index in [1.165, 1.54) is 14.0 Å². The molecule has 0 bridgehead atoms. The van der Waals surface area contributed by atoms with Gasteiger partial charge in [0.1, 0.15) is 13.0 Å². The molecule has 1 rings (SSSR count). The molecule has 1 N–H and O–H groups in total. The average Bonchev–Trinajstić information content (AvgIpc) is 2.45. The van der Waals surface area contributed by atoms with Crippen molar-refractivity contribution in [3.05, 3.63) is 35.9 Å². The quantitative estimate of drug-likeness (QED) is 0.629. The molecule has 0 aromatic heterocycles. The first-order valence-corrected chi connectivity index (χ1v) is 6.09. The van der Waals surface area contributed by atoms with Gasteiger partial charge in [0.2, 0.25) is 0 Å². The van der Waals surface area contributed by atoms with Crippen molar-refractivity contribution < 1.29 is 23.9 Å². The Bertz CT molecular complexity index is 472. The molecule has 0 unspecified atom stereocenters. The lowest BCUT2D eigenvalue weighted by atomic mass is 10.1. The smallest absolute Gasteiger partial charge is 0.408 e. The van der Waals surface area contributed by atoms with Crippen molar-refractivity contribution in [3.8, 4) is 0 Å². The molecule has 0 radical (unpaired) electrons. The van der Waals surface area contributed by atoms with Crippen LogP contribution in [0.4, 0.5) is 4.79 Å². The summed E-state index contributed by atoms with van der Waals surface area (Å²) in [7, 11) is 1.20. The van der Waals surface area contributed by atoms with Crippen molar-refractivity contribution >= 4 is 17.8 Å². The van der Waals surface area contributed by atoms with E-state index in [1.54, 1.807) is 0 Å². The van der Waals surface area contributed by atoms with E-state index < -0.39 is 23.9 Å². The summed E-state index contributed by atoms with van der Waals surface area (Å²) in [6.07, 6.45) is -1.09. The number of Topliss-reactive ketones (excluding diaryl/α,β-unsaturated/α-hetero) is 1. The number of hydrogen-bond donors (Lipinski definition) is 1. The molecule has 1 aromatic carbocycles. The molecule has 6 nitrogen and oxygen atoms in total. The van der Waals surface area contributed by atoms with Crippen LogP contribution >= 0.6 is 0 Å². The fraction of sp³-hybridized carbons (Fsp3) is 0.357. The zero-order chi connectivity index (χ0) is 15.0. The highest BCUT2D eigenvalue weighted by atomic mass is 16.5. The van der Waals surface area contributed by atoms with Crippen molar-refractivity contribution in [3.63, 3.8) is 0 Å². The van der Waals surface area contributed by atoms with Crippen LogP contribution in [-0.4, -0.2) is 31.0 Å². The topological polar surface area (TPSA) is 81.7 Å². The van der Waals surface area contributed by atoms with Gasteiger partial charge < -0.3 is 14.8 Å². The van der Waals surface area contributed by atoms with Crippen LogP contribution in [0.2, 0.25) is 0 Å². The van der Waals surface area contributed by atoms with Gasteiger partial charge in [0, 0.05) is 0 Å². The van der Waals surface area contributed by atoms with Crippen molar-refractivity contribution in [1.82, 2.24) is 5.32 Å². The molecule has 6 heteroatoms. The summed E-state index contributed by atoms with van der Waals surface area (Å²) in [5.74, 6) is -1.07. The molecule has 0 aliphatic heterocycles. The fourth-order valence-corrected chi connectivity index (χ4v) is 1.39. The molecule has 20 heavy (non-hydrogen) atoms. The summed E-state index contributed by atoms with van der Waals surface area (Å²) < 4.78 is 9.34. The number of rotatable bonds is 6. The molecule has 0 spiro atoms. The molecule has 0 saturated heterocycles. The largest absolute Gasteiger partial charge is 0.469 e. The predicted molar refractivity (Wildman–Crippen MR) is 70.9 cm³/mol. The molecular formula is C14H17NO5. The van der Waals surface area contributed by atoms with Gasteiger partial charge >= 0.3 is 12.1 Å². The Balaban J connectivity index is 2.34. The number of amides is 1. The van der Waals surface area contributed by atoms with E-state index in [-0.39, 0.29) is 13.0 Å². The molecule has 0 fully saturated rings. The molecule has 0 aliphatic carbocycles. The number of ketones is 1. The Morgan fingerprint density at radius 2 is 1.85 bits per heavy atom. The number of methoxy groups -OCH3 is 1. The Morgan fingerprint density at radius 1 is 1.20 bits per heavy atom. The minimum atomic E-state index is -0.808. The zero-order valence-corrected chi connectivity index (χ0v) is 11.4. The SMILES string of the molecule is COC(=O)CC(=O)[C@@H](C)NC(=O)OCc1ccccc1. The molecule has 1 aromatic rings. The Labute approximate surface area is 117 Å². The number of hydrogen-bond acceptors (Lipinski definition) is 5. The van der Waals surface area contributed by atoms with Crippen molar-refractivity contribution in [2.24, 2.45) is 0 Å². The standard InChI is InChI=1S/C14H17NO5/c1-10(12(16)8-13(17)19-2)15-14(18)20-9-11-6-4-3-5-7-11/h3-7,10H,8-9H2,1-2H3,(H,15,18)/t10-/m1/s1. The van der Waals surface area contributed by atoms with Gasteiger partial charge in [-0.2, -0.15) is 0 Å². The highest BCUT2D eigenvalue weighted by Crippen LogP contribution is 2.01.